The Labute approximate surface area is 167 Å². The van der Waals surface area contributed by atoms with Gasteiger partial charge in [0.15, 0.2) is 5.13 Å². The van der Waals surface area contributed by atoms with Crippen molar-refractivity contribution in [1.29, 1.82) is 0 Å². The topological polar surface area (TPSA) is 80.8 Å². The first-order valence-electron chi connectivity index (χ1n) is 9.39. The van der Waals surface area contributed by atoms with Crippen molar-refractivity contribution in [2.45, 2.75) is 32.2 Å². The number of carbonyl (C=O) groups is 2. The van der Waals surface area contributed by atoms with Gasteiger partial charge in [0.1, 0.15) is 11.5 Å². The fourth-order valence-electron chi connectivity index (χ4n) is 3.45. The number of benzene rings is 1. The SMILES string of the molecule is COc1ccc(C(=O)N2CCc3nc(NC(=O)C4CCC4)sc3C2)c(OC)c1. The van der Waals surface area contributed by atoms with Gasteiger partial charge in [0.05, 0.1) is 32.0 Å². The number of methoxy groups -OCH3 is 2. The average Bonchev–Trinajstić information content (AvgIpc) is 3.06. The standard InChI is InChI=1S/C20H23N3O4S/c1-26-13-6-7-14(16(10-13)27-2)19(25)23-9-8-15-17(11-23)28-20(21-15)22-18(24)12-4-3-5-12/h6-7,10,12H,3-5,8-9,11H2,1-2H3,(H,21,22,24). The molecule has 7 nitrogen and oxygen atoms in total. The highest BCUT2D eigenvalue weighted by Crippen LogP contribution is 2.33. The number of thiazole rings is 1. The number of nitrogens with zero attached hydrogens (tertiary/aromatic N) is 2. The summed E-state index contributed by atoms with van der Waals surface area (Å²) in [5.41, 5.74) is 1.48. The zero-order valence-electron chi connectivity index (χ0n) is 16.0. The monoisotopic (exact) mass is 401 g/mol. The normalized spacial score (nSPS) is 16.1. The number of fused-ring (bicyclic) bond motifs is 1. The molecule has 1 aromatic carbocycles. The van der Waals surface area contributed by atoms with Crippen LogP contribution in [-0.2, 0) is 17.8 Å². The van der Waals surface area contributed by atoms with Crippen molar-refractivity contribution in [2.24, 2.45) is 5.92 Å². The van der Waals surface area contributed by atoms with E-state index in [2.05, 4.69) is 10.3 Å². The van der Waals surface area contributed by atoms with Crippen LogP contribution in [0.25, 0.3) is 0 Å². The average molecular weight is 401 g/mol. The Morgan fingerprint density at radius 2 is 2.07 bits per heavy atom. The maximum Gasteiger partial charge on any atom is 0.257 e. The molecule has 1 aromatic heterocycles. The molecular weight excluding hydrogens is 378 g/mol. The maximum atomic E-state index is 13.0. The van der Waals surface area contributed by atoms with Crippen LogP contribution in [0.2, 0.25) is 0 Å². The summed E-state index contributed by atoms with van der Waals surface area (Å²) in [6, 6.07) is 5.20. The van der Waals surface area contributed by atoms with Gasteiger partial charge in [-0.3, -0.25) is 9.59 Å². The van der Waals surface area contributed by atoms with Crippen molar-refractivity contribution in [1.82, 2.24) is 9.88 Å². The van der Waals surface area contributed by atoms with Crippen molar-refractivity contribution in [3.63, 3.8) is 0 Å². The summed E-state index contributed by atoms with van der Waals surface area (Å²) < 4.78 is 10.6. The summed E-state index contributed by atoms with van der Waals surface area (Å²) in [5.74, 6) is 1.24. The number of hydrogen-bond acceptors (Lipinski definition) is 6. The predicted octanol–water partition coefficient (Wildman–Crippen LogP) is 3.10. The number of rotatable bonds is 5. The summed E-state index contributed by atoms with van der Waals surface area (Å²) in [7, 11) is 3.12. The summed E-state index contributed by atoms with van der Waals surface area (Å²) in [5, 5.41) is 3.58. The minimum Gasteiger partial charge on any atom is -0.497 e. The second kappa shape index (κ2) is 7.79. The third kappa shape index (κ3) is 3.56. The highest BCUT2D eigenvalue weighted by atomic mass is 32.1. The van der Waals surface area contributed by atoms with Crippen molar-refractivity contribution in [3.05, 3.63) is 34.3 Å². The second-order valence-electron chi connectivity index (χ2n) is 7.05. The molecule has 4 rings (SSSR count). The van der Waals surface area contributed by atoms with Gasteiger partial charge in [0, 0.05) is 29.8 Å². The largest absolute Gasteiger partial charge is 0.497 e. The molecule has 8 heteroatoms. The Morgan fingerprint density at radius 1 is 1.25 bits per heavy atom. The predicted molar refractivity (Wildman–Crippen MR) is 106 cm³/mol. The van der Waals surface area contributed by atoms with E-state index in [0.29, 0.717) is 41.7 Å². The van der Waals surface area contributed by atoms with Crippen LogP contribution in [0.1, 0.15) is 40.2 Å². The highest BCUT2D eigenvalue weighted by Gasteiger charge is 2.29. The van der Waals surface area contributed by atoms with Crippen LogP contribution in [0.4, 0.5) is 5.13 Å². The summed E-state index contributed by atoms with van der Waals surface area (Å²) in [6.45, 7) is 1.07. The highest BCUT2D eigenvalue weighted by molar-refractivity contribution is 7.15. The van der Waals surface area contributed by atoms with Gasteiger partial charge < -0.3 is 19.7 Å². The lowest BCUT2D eigenvalue weighted by atomic mass is 9.85. The third-order valence-electron chi connectivity index (χ3n) is 5.36. The quantitative estimate of drug-likeness (QED) is 0.833. The molecule has 2 aromatic rings. The molecule has 1 aliphatic heterocycles. The van der Waals surface area contributed by atoms with E-state index in [0.717, 1.165) is 29.8 Å². The molecule has 0 saturated heterocycles. The van der Waals surface area contributed by atoms with E-state index in [1.165, 1.54) is 11.3 Å². The van der Waals surface area contributed by atoms with Crippen LogP contribution in [-0.4, -0.2) is 42.5 Å². The van der Waals surface area contributed by atoms with E-state index in [1.807, 2.05) is 0 Å². The van der Waals surface area contributed by atoms with Gasteiger partial charge in [-0.2, -0.15) is 0 Å². The summed E-state index contributed by atoms with van der Waals surface area (Å²) >= 11 is 1.46. The molecule has 0 radical (unpaired) electrons. The molecule has 1 N–H and O–H groups in total. The summed E-state index contributed by atoms with van der Waals surface area (Å²) in [4.78, 5) is 32.6. The lowest BCUT2D eigenvalue weighted by Crippen LogP contribution is -2.35. The number of nitrogens with one attached hydrogen (secondary N) is 1. The molecule has 28 heavy (non-hydrogen) atoms. The zero-order chi connectivity index (χ0) is 19.7. The first-order chi connectivity index (χ1) is 13.6. The minimum atomic E-state index is -0.0846. The Morgan fingerprint density at radius 3 is 2.75 bits per heavy atom. The lowest BCUT2D eigenvalue weighted by molar-refractivity contribution is -0.122. The molecular formula is C20H23N3O4S. The van der Waals surface area contributed by atoms with Gasteiger partial charge in [0.25, 0.3) is 5.91 Å². The molecule has 1 fully saturated rings. The van der Waals surface area contributed by atoms with Crippen LogP contribution in [0.5, 0.6) is 11.5 Å². The molecule has 0 bridgehead atoms. The van der Waals surface area contributed by atoms with E-state index < -0.39 is 0 Å². The van der Waals surface area contributed by atoms with E-state index in [4.69, 9.17) is 9.47 Å². The number of amides is 2. The van der Waals surface area contributed by atoms with Gasteiger partial charge in [-0.05, 0) is 25.0 Å². The molecule has 148 valence electrons. The zero-order valence-corrected chi connectivity index (χ0v) is 16.8. The maximum absolute atomic E-state index is 13.0. The Kier molecular flexibility index (Phi) is 5.21. The first-order valence-corrected chi connectivity index (χ1v) is 10.2. The summed E-state index contributed by atoms with van der Waals surface area (Å²) in [6.07, 6.45) is 3.72. The van der Waals surface area contributed by atoms with Crippen molar-refractivity contribution >= 4 is 28.3 Å². The first kappa shape index (κ1) is 18.7. The van der Waals surface area contributed by atoms with Crippen molar-refractivity contribution < 1.29 is 19.1 Å². The Balaban J connectivity index is 1.47. The van der Waals surface area contributed by atoms with Crippen LogP contribution in [0.3, 0.4) is 0 Å². The fourth-order valence-corrected chi connectivity index (χ4v) is 4.47. The number of ether oxygens (including phenoxy) is 2. The Bertz CT molecular complexity index is 907. The molecule has 0 atom stereocenters. The fraction of sp³-hybridized carbons (Fsp3) is 0.450. The molecule has 2 aliphatic rings. The van der Waals surface area contributed by atoms with Crippen LogP contribution < -0.4 is 14.8 Å². The number of hydrogen-bond donors (Lipinski definition) is 1. The van der Waals surface area contributed by atoms with Gasteiger partial charge >= 0.3 is 0 Å². The van der Waals surface area contributed by atoms with Gasteiger partial charge in [-0.15, -0.1) is 0 Å². The smallest absolute Gasteiger partial charge is 0.257 e. The molecule has 2 amide bonds. The van der Waals surface area contributed by atoms with Crippen LogP contribution in [0, 0.1) is 5.92 Å². The van der Waals surface area contributed by atoms with Gasteiger partial charge in [-0.1, -0.05) is 17.8 Å². The van der Waals surface area contributed by atoms with E-state index in [-0.39, 0.29) is 17.7 Å². The minimum absolute atomic E-state index is 0.0632. The lowest BCUT2D eigenvalue weighted by Gasteiger charge is -2.26. The van der Waals surface area contributed by atoms with Crippen LogP contribution in [0.15, 0.2) is 18.2 Å². The molecule has 2 heterocycles. The number of carbonyl (C=O) groups excluding carboxylic acids is 2. The molecule has 0 spiro atoms. The molecule has 0 unspecified atom stereocenters. The van der Waals surface area contributed by atoms with Crippen molar-refractivity contribution in [3.8, 4) is 11.5 Å². The molecule has 1 aliphatic carbocycles. The van der Waals surface area contributed by atoms with E-state index in [1.54, 1.807) is 37.3 Å². The van der Waals surface area contributed by atoms with E-state index in [9.17, 15) is 9.59 Å². The van der Waals surface area contributed by atoms with Gasteiger partial charge in [0.2, 0.25) is 5.91 Å². The third-order valence-corrected chi connectivity index (χ3v) is 6.36. The van der Waals surface area contributed by atoms with Gasteiger partial charge in [-0.25, -0.2) is 4.98 Å². The molecule has 1 saturated carbocycles. The van der Waals surface area contributed by atoms with Crippen molar-refractivity contribution in [2.75, 3.05) is 26.1 Å². The second-order valence-corrected chi connectivity index (χ2v) is 8.13. The number of aromatic nitrogens is 1. The Hall–Kier alpha value is -2.61. The number of anilines is 1. The van der Waals surface area contributed by atoms with E-state index >= 15 is 0 Å². The van der Waals surface area contributed by atoms with Crippen LogP contribution >= 0.6 is 11.3 Å².